The summed E-state index contributed by atoms with van der Waals surface area (Å²) in [6, 6.07) is 6.97. The lowest BCUT2D eigenvalue weighted by atomic mass is 10.0. The molecule has 0 aliphatic carbocycles. The zero-order chi connectivity index (χ0) is 13.0. The number of carbonyl (C=O) groups excluding carboxylic acids is 1. The van der Waals surface area contributed by atoms with Gasteiger partial charge in [0, 0.05) is 19.1 Å². The van der Waals surface area contributed by atoms with Crippen molar-refractivity contribution in [1.82, 2.24) is 5.32 Å². The normalized spacial score (nSPS) is 22.6. The summed E-state index contributed by atoms with van der Waals surface area (Å²) in [7, 11) is 1.46. The lowest BCUT2D eigenvalue weighted by Gasteiger charge is -2.21. The number of benzene rings is 1. The van der Waals surface area contributed by atoms with E-state index >= 15 is 0 Å². The van der Waals surface area contributed by atoms with E-state index in [4.69, 9.17) is 9.47 Å². The zero-order valence-corrected chi connectivity index (χ0v) is 10.3. The van der Waals surface area contributed by atoms with Crippen LogP contribution in [0.15, 0.2) is 24.3 Å². The Labute approximate surface area is 106 Å². The van der Waals surface area contributed by atoms with E-state index in [0.29, 0.717) is 24.3 Å². The fourth-order valence-electron chi connectivity index (χ4n) is 2.06. The maximum absolute atomic E-state index is 11.5. The van der Waals surface area contributed by atoms with E-state index in [1.54, 1.807) is 6.07 Å². The first kappa shape index (κ1) is 12.9. The molecule has 2 rings (SSSR count). The van der Waals surface area contributed by atoms with Crippen LogP contribution in [-0.4, -0.2) is 37.4 Å². The van der Waals surface area contributed by atoms with E-state index in [2.05, 4.69) is 5.32 Å². The van der Waals surface area contributed by atoms with Gasteiger partial charge in [0.15, 0.2) is 0 Å². The lowest BCUT2D eigenvalue weighted by molar-refractivity contribution is -0.126. The number of methoxy groups -OCH3 is 1. The van der Waals surface area contributed by atoms with Gasteiger partial charge in [-0.2, -0.15) is 0 Å². The minimum Gasteiger partial charge on any atom is -0.493 e. The number of fused-ring (bicyclic) bond motifs is 1. The van der Waals surface area contributed by atoms with Crippen LogP contribution >= 0.6 is 0 Å². The molecule has 0 aromatic heterocycles. The average Bonchev–Trinajstić information content (AvgIpc) is 2.51. The summed E-state index contributed by atoms with van der Waals surface area (Å²) in [6.45, 7) is 0.456. The molecule has 2 N–H and O–H groups in total. The van der Waals surface area contributed by atoms with Crippen molar-refractivity contribution in [2.45, 2.75) is 18.6 Å². The van der Waals surface area contributed by atoms with E-state index < -0.39 is 6.10 Å². The van der Waals surface area contributed by atoms with Crippen LogP contribution in [0.3, 0.4) is 0 Å². The lowest BCUT2D eigenvalue weighted by Crippen LogP contribution is -2.41. The molecule has 1 aliphatic rings. The highest BCUT2D eigenvalue weighted by atomic mass is 16.5. The standard InChI is InChI=1S/C13H17NO4/c1-17-8-12(15)14-10-6-7-18-11-5-3-2-4-9(11)13(10)16/h2-5,10,13,16H,6-8H2,1H3,(H,14,15). The maximum Gasteiger partial charge on any atom is 0.246 e. The Bertz CT molecular complexity index is 421. The second kappa shape index (κ2) is 5.84. The van der Waals surface area contributed by atoms with E-state index in [-0.39, 0.29) is 18.6 Å². The molecule has 0 spiro atoms. The molecule has 0 radical (unpaired) electrons. The van der Waals surface area contributed by atoms with Crippen molar-refractivity contribution in [2.75, 3.05) is 20.3 Å². The molecule has 2 atom stereocenters. The first-order chi connectivity index (χ1) is 8.72. The fraction of sp³-hybridized carbons (Fsp3) is 0.462. The van der Waals surface area contributed by atoms with Crippen LogP contribution in [0.25, 0.3) is 0 Å². The van der Waals surface area contributed by atoms with Crippen LogP contribution in [0.1, 0.15) is 18.1 Å². The molecule has 0 saturated heterocycles. The molecule has 1 aliphatic heterocycles. The van der Waals surface area contributed by atoms with E-state index in [1.807, 2.05) is 18.2 Å². The van der Waals surface area contributed by atoms with Crippen molar-refractivity contribution in [3.63, 3.8) is 0 Å². The van der Waals surface area contributed by atoms with Gasteiger partial charge in [-0.3, -0.25) is 4.79 Å². The van der Waals surface area contributed by atoms with Crippen LogP contribution in [0.4, 0.5) is 0 Å². The summed E-state index contributed by atoms with van der Waals surface area (Å²) >= 11 is 0. The molecule has 1 aromatic carbocycles. The van der Waals surface area contributed by atoms with Crippen LogP contribution < -0.4 is 10.1 Å². The molecule has 0 fully saturated rings. The summed E-state index contributed by atoms with van der Waals surface area (Å²) in [5, 5.41) is 13.0. The number of rotatable bonds is 3. The van der Waals surface area contributed by atoms with Crippen molar-refractivity contribution < 1.29 is 19.4 Å². The van der Waals surface area contributed by atoms with Crippen LogP contribution in [0.2, 0.25) is 0 Å². The van der Waals surface area contributed by atoms with Crippen LogP contribution in [0.5, 0.6) is 5.75 Å². The van der Waals surface area contributed by atoms with Crippen molar-refractivity contribution in [2.24, 2.45) is 0 Å². The van der Waals surface area contributed by atoms with Gasteiger partial charge in [0.2, 0.25) is 5.91 Å². The molecule has 5 heteroatoms. The van der Waals surface area contributed by atoms with Crippen LogP contribution in [0, 0.1) is 0 Å². The average molecular weight is 251 g/mol. The van der Waals surface area contributed by atoms with Gasteiger partial charge in [-0.1, -0.05) is 18.2 Å². The Hall–Kier alpha value is -1.59. The first-order valence-electron chi connectivity index (χ1n) is 5.90. The summed E-state index contributed by atoms with van der Waals surface area (Å²) in [4.78, 5) is 11.5. The Kier molecular flexibility index (Phi) is 4.17. The monoisotopic (exact) mass is 251 g/mol. The summed E-state index contributed by atoms with van der Waals surface area (Å²) in [5.41, 5.74) is 0.706. The molecule has 2 unspecified atom stereocenters. The Balaban J connectivity index is 2.12. The number of hydrogen-bond acceptors (Lipinski definition) is 4. The maximum atomic E-state index is 11.5. The largest absolute Gasteiger partial charge is 0.493 e. The first-order valence-corrected chi connectivity index (χ1v) is 5.90. The Morgan fingerprint density at radius 2 is 2.33 bits per heavy atom. The van der Waals surface area contributed by atoms with Gasteiger partial charge in [-0.15, -0.1) is 0 Å². The minimum atomic E-state index is -0.760. The molecule has 1 amide bonds. The SMILES string of the molecule is COCC(=O)NC1CCOc2ccccc2C1O. The predicted octanol–water partition coefficient (Wildman–Crippen LogP) is 0.634. The van der Waals surface area contributed by atoms with Gasteiger partial charge < -0.3 is 19.9 Å². The van der Waals surface area contributed by atoms with Crippen molar-refractivity contribution >= 4 is 5.91 Å². The highest BCUT2D eigenvalue weighted by Gasteiger charge is 2.27. The number of ether oxygens (including phenoxy) is 2. The predicted molar refractivity (Wildman–Crippen MR) is 65.3 cm³/mol. The highest BCUT2D eigenvalue weighted by molar-refractivity contribution is 5.77. The van der Waals surface area contributed by atoms with E-state index in [1.165, 1.54) is 7.11 Å². The molecule has 0 bridgehead atoms. The van der Waals surface area contributed by atoms with Gasteiger partial charge in [0.1, 0.15) is 18.5 Å². The number of nitrogens with one attached hydrogen (secondary N) is 1. The number of carbonyl (C=O) groups is 1. The van der Waals surface area contributed by atoms with E-state index in [0.717, 1.165) is 0 Å². The minimum absolute atomic E-state index is 0.00821. The third kappa shape index (κ3) is 2.80. The molecule has 18 heavy (non-hydrogen) atoms. The summed E-state index contributed by atoms with van der Waals surface area (Å²) in [5.74, 6) is 0.439. The van der Waals surface area contributed by atoms with Gasteiger partial charge in [-0.05, 0) is 6.07 Å². The third-order valence-electron chi connectivity index (χ3n) is 2.93. The fourth-order valence-corrected chi connectivity index (χ4v) is 2.06. The van der Waals surface area contributed by atoms with Crippen molar-refractivity contribution in [3.05, 3.63) is 29.8 Å². The summed E-state index contributed by atoms with van der Waals surface area (Å²) < 4.78 is 10.3. The molecule has 98 valence electrons. The number of amides is 1. The molecule has 1 heterocycles. The Morgan fingerprint density at radius 1 is 1.56 bits per heavy atom. The molecule has 1 aromatic rings. The number of aliphatic hydroxyl groups is 1. The molecular weight excluding hydrogens is 234 g/mol. The number of para-hydroxylation sites is 1. The highest BCUT2D eigenvalue weighted by Crippen LogP contribution is 2.31. The van der Waals surface area contributed by atoms with Crippen molar-refractivity contribution in [3.8, 4) is 5.75 Å². The second-order valence-corrected chi connectivity index (χ2v) is 4.23. The smallest absolute Gasteiger partial charge is 0.246 e. The third-order valence-corrected chi connectivity index (χ3v) is 2.93. The van der Waals surface area contributed by atoms with E-state index in [9.17, 15) is 9.90 Å². The quantitative estimate of drug-likeness (QED) is 0.827. The van der Waals surface area contributed by atoms with Gasteiger partial charge in [0.25, 0.3) is 0 Å². The van der Waals surface area contributed by atoms with Gasteiger partial charge >= 0.3 is 0 Å². The van der Waals surface area contributed by atoms with Gasteiger partial charge in [-0.25, -0.2) is 0 Å². The number of aliphatic hydroxyl groups excluding tert-OH is 1. The Morgan fingerprint density at radius 3 is 3.11 bits per heavy atom. The topological polar surface area (TPSA) is 67.8 Å². The van der Waals surface area contributed by atoms with Crippen LogP contribution in [-0.2, 0) is 9.53 Å². The summed E-state index contributed by atoms with van der Waals surface area (Å²) in [6.07, 6.45) is -0.199. The molecule has 5 nitrogen and oxygen atoms in total. The molecule has 0 saturated carbocycles. The van der Waals surface area contributed by atoms with Crippen molar-refractivity contribution in [1.29, 1.82) is 0 Å². The van der Waals surface area contributed by atoms with Gasteiger partial charge in [0.05, 0.1) is 12.6 Å². The zero-order valence-electron chi connectivity index (χ0n) is 10.3. The second-order valence-electron chi connectivity index (χ2n) is 4.23. The number of hydrogen-bond donors (Lipinski definition) is 2. The molecular formula is C13H17NO4.